The van der Waals surface area contributed by atoms with Crippen molar-refractivity contribution in [1.29, 1.82) is 0 Å². The van der Waals surface area contributed by atoms with E-state index in [0.29, 0.717) is 11.1 Å². The molecule has 2 rings (SSSR count). The fourth-order valence-corrected chi connectivity index (χ4v) is 2.32. The number of hydrogen-bond acceptors (Lipinski definition) is 2. The Morgan fingerprint density at radius 2 is 1.60 bits per heavy atom. The van der Waals surface area contributed by atoms with Crippen LogP contribution in [0, 0.1) is 32.4 Å². The van der Waals surface area contributed by atoms with E-state index in [-0.39, 0.29) is 0 Å². The van der Waals surface area contributed by atoms with Crippen LogP contribution < -0.4 is 11.3 Å². The monoisotopic (exact) mass is 276 g/mol. The molecule has 0 aliphatic rings. The fourth-order valence-electron chi connectivity index (χ4n) is 2.32. The molecule has 2 aromatic carbocycles. The highest BCUT2D eigenvalue weighted by molar-refractivity contribution is 5.40. The van der Waals surface area contributed by atoms with Crippen molar-refractivity contribution in [3.8, 4) is 0 Å². The van der Waals surface area contributed by atoms with Gasteiger partial charge in [0.15, 0.2) is 0 Å². The Labute approximate surface area is 117 Å². The Balaban J connectivity index is 2.58. The van der Waals surface area contributed by atoms with E-state index in [2.05, 4.69) is 5.43 Å². The van der Waals surface area contributed by atoms with Crippen LogP contribution >= 0.6 is 0 Å². The van der Waals surface area contributed by atoms with Crippen molar-refractivity contribution in [3.63, 3.8) is 0 Å². The van der Waals surface area contributed by atoms with Gasteiger partial charge in [-0.2, -0.15) is 0 Å². The Kier molecular flexibility index (Phi) is 4.16. The predicted molar refractivity (Wildman–Crippen MR) is 76.2 cm³/mol. The largest absolute Gasteiger partial charge is 0.271 e. The van der Waals surface area contributed by atoms with Gasteiger partial charge in [0, 0.05) is 11.6 Å². The minimum absolute atomic E-state index is 0.347. The van der Waals surface area contributed by atoms with Crippen LogP contribution in [0.2, 0.25) is 0 Å². The van der Waals surface area contributed by atoms with Gasteiger partial charge in [0.25, 0.3) is 0 Å². The second-order valence-electron chi connectivity index (χ2n) is 5.08. The summed E-state index contributed by atoms with van der Waals surface area (Å²) in [6.07, 6.45) is 0. The summed E-state index contributed by atoms with van der Waals surface area (Å²) in [5.74, 6) is 4.45. The third-order valence-corrected chi connectivity index (χ3v) is 3.50. The molecular weight excluding hydrogens is 258 g/mol. The highest BCUT2D eigenvalue weighted by Gasteiger charge is 2.20. The summed E-state index contributed by atoms with van der Waals surface area (Å²) in [7, 11) is 0. The molecule has 0 spiro atoms. The summed E-state index contributed by atoms with van der Waals surface area (Å²) >= 11 is 0. The quantitative estimate of drug-likeness (QED) is 0.665. The van der Waals surface area contributed by atoms with Crippen molar-refractivity contribution in [2.24, 2.45) is 5.84 Å². The van der Waals surface area contributed by atoms with Gasteiger partial charge >= 0.3 is 0 Å². The van der Waals surface area contributed by atoms with E-state index in [0.717, 1.165) is 22.8 Å². The van der Waals surface area contributed by atoms with E-state index in [9.17, 15) is 8.78 Å². The first kappa shape index (κ1) is 14.6. The normalized spacial score (nSPS) is 12.5. The minimum atomic E-state index is -0.600. The van der Waals surface area contributed by atoms with Gasteiger partial charge in [-0.1, -0.05) is 23.8 Å². The lowest BCUT2D eigenvalue weighted by molar-refractivity contribution is 0.537. The van der Waals surface area contributed by atoms with Crippen molar-refractivity contribution >= 4 is 0 Å². The van der Waals surface area contributed by atoms with E-state index >= 15 is 0 Å². The molecule has 1 unspecified atom stereocenters. The molecule has 0 fully saturated rings. The first-order valence-corrected chi connectivity index (χ1v) is 6.43. The van der Waals surface area contributed by atoms with Gasteiger partial charge in [0.2, 0.25) is 0 Å². The highest BCUT2D eigenvalue weighted by atomic mass is 19.1. The van der Waals surface area contributed by atoms with Gasteiger partial charge in [-0.15, -0.1) is 0 Å². The predicted octanol–water partition coefficient (Wildman–Crippen LogP) is 3.44. The molecule has 0 radical (unpaired) electrons. The zero-order chi connectivity index (χ0) is 14.9. The molecule has 0 saturated carbocycles. The van der Waals surface area contributed by atoms with Crippen LogP contribution in [-0.4, -0.2) is 0 Å². The molecule has 0 aliphatic heterocycles. The number of halogens is 2. The zero-order valence-electron chi connectivity index (χ0n) is 11.8. The number of hydrazine groups is 1. The number of aryl methyl sites for hydroxylation is 3. The number of nitrogens with one attached hydrogen (secondary N) is 1. The number of benzene rings is 2. The van der Waals surface area contributed by atoms with Gasteiger partial charge < -0.3 is 0 Å². The fraction of sp³-hybridized carbons (Fsp3) is 0.250. The first-order chi connectivity index (χ1) is 9.43. The molecular formula is C16H18F2N2. The third-order valence-electron chi connectivity index (χ3n) is 3.50. The van der Waals surface area contributed by atoms with Crippen molar-refractivity contribution in [1.82, 2.24) is 5.43 Å². The molecule has 0 saturated heterocycles. The molecule has 3 N–H and O–H groups in total. The maximum atomic E-state index is 14.0. The second-order valence-corrected chi connectivity index (χ2v) is 5.08. The topological polar surface area (TPSA) is 38.0 Å². The number of nitrogens with two attached hydrogens (primary N) is 1. The maximum absolute atomic E-state index is 14.0. The summed E-state index contributed by atoms with van der Waals surface area (Å²) in [6.45, 7) is 5.51. The van der Waals surface area contributed by atoms with Crippen LogP contribution in [0.5, 0.6) is 0 Å². The molecule has 20 heavy (non-hydrogen) atoms. The van der Waals surface area contributed by atoms with Gasteiger partial charge in [-0.3, -0.25) is 5.84 Å². The molecule has 0 amide bonds. The molecule has 0 bridgehead atoms. The van der Waals surface area contributed by atoms with E-state index in [1.165, 1.54) is 6.07 Å². The van der Waals surface area contributed by atoms with Crippen LogP contribution in [0.1, 0.15) is 33.9 Å². The Hall–Kier alpha value is -1.78. The van der Waals surface area contributed by atoms with Crippen LogP contribution in [0.25, 0.3) is 0 Å². The molecule has 2 nitrogen and oxygen atoms in total. The molecule has 0 heterocycles. The summed E-state index contributed by atoms with van der Waals surface area (Å²) < 4.78 is 27.4. The summed E-state index contributed by atoms with van der Waals surface area (Å²) in [5, 5.41) is 0. The Bertz CT molecular complexity index is 639. The van der Waals surface area contributed by atoms with Gasteiger partial charge in [-0.25, -0.2) is 14.2 Å². The van der Waals surface area contributed by atoms with Gasteiger partial charge in [-0.05, 0) is 43.5 Å². The summed E-state index contributed by atoms with van der Waals surface area (Å²) in [5.41, 5.74) is 6.32. The van der Waals surface area contributed by atoms with E-state index in [4.69, 9.17) is 5.84 Å². The highest BCUT2D eigenvalue weighted by Crippen LogP contribution is 2.28. The van der Waals surface area contributed by atoms with Crippen molar-refractivity contribution in [3.05, 3.63) is 69.8 Å². The smallest absolute Gasteiger partial charge is 0.131 e. The summed E-state index contributed by atoms with van der Waals surface area (Å²) in [4.78, 5) is 0. The average molecular weight is 276 g/mol. The Morgan fingerprint density at radius 3 is 2.25 bits per heavy atom. The molecule has 4 heteroatoms. The lowest BCUT2D eigenvalue weighted by Crippen LogP contribution is -2.30. The van der Waals surface area contributed by atoms with E-state index in [1.807, 2.05) is 32.0 Å². The number of hydrogen-bond donors (Lipinski definition) is 2. The van der Waals surface area contributed by atoms with Crippen LogP contribution in [0.4, 0.5) is 8.78 Å². The summed E-state index contributed by atoms with van der Waals surface area (Å²) in [6, 6.07) is 7.80. The second kappa shape index (κ2) is 5.69. The van der Waals surface area contributed by atoms with Crippen molar-refractivity contribution in [2.45, 2.75) is 26.8 Å². The Morgan fingerprint density at radius 1 is 0.900 bits per heavy atom. The number of rotatable bonds is 3. The van der Waals surface area contributed by atoms with Crippen molar-refractivity contribution < 1.29 is 8.78 Å². The van der Waals surface area contributed by atoms with Crippen LogP contribution in [-0.2, 0) is 0 Å². The molecule has 0 aromatic heterocycles. The minimum Gasteiger partial charge on any atom is -0.271 e. The standard InChI is InChI=1S/C16H18F2N2/c1-9-4-5-10(2)12(6-9)16(20-19)13-7-11(3)14(17)8-15(13)18/h4-8,16,20H,19H2,1-3H3. The van der Waals surface area contributed by atoms with Crippen LogP contribution in [0.15, 0.2) is 30.3 Å². The molecule has 1 atom stereocenters. The van der Waals surface area contributed by atoms with E-state index in [1.54, 1.807) is 6.92 Å². The molecule has 106 valence electrons. The maximum Gasteiger partial charge on any atom is 0.131 e. The van der Waals surface area contributed by atoms with Crippen molar-refractivity contribution in [2.75, 3.05) is 0 Å². The average Bonchev–Trinajstić information content (AvgIpc) is 2.40. The lowest BCUT2D eigenvalue weighted by atomic mass is 9.93. The van der Waals surface area contributed by atoms with Gasteiger partial charge in [0.05, 0.1) is 6.04 Å². The lowest BCUT2D eigenvalue weighted by Gasteiger charge is -2.21. The van der Waals surface area contributed by atoms with E-state index < -0.39 is 17.7 Å². The SMILES string of the molecule is Cc1ccc(C)c(C(NN)c2cc(C)c(F)cc2F)c1. The zero-order valence-corrected chi connectivity index (χ0v) is 11.8. The first-order valence-electron chi connectivity index (χ1n) is 6.43. The molecule has 0 aliphatic carbocycles. The third kappa shape index (κ3) is 2.71. The van der Waals surface area contributed by atoms with Gasteiger partial charge in [0.1, 0.15) is 11.6 Å². The molecule has 2 aromatic rings. The van der Waals surface area contributed by atoms with Crippen LogP contribution in [0.3, 0.4) is 0 Å².